The van der Waals surface area contributed by atoms with Crippen LogP contribution in [0.1, 0.15) is 59.8 Å². The summed E-state index contributed by atoms with van der Waals surface area (Å²) in [5.41, 5.74) is 0. The van der Waals surface area contributed by atoms with Crippen LogP contribution < -0.4 is 0 Å². The summed E-state index contributed by atoms with van der Waals surface area (Å²) in [6, 6.07) is 0. The monoisotopic (exact) mass is 322 g/mol. The summed E-state index contributed by atoms with van der Waals surface area (Å²) >= 11 is 0. The molecule has 0 bridgehead atoms. The van der Waals surface area contributed by atoms with Gasteiger partial charge in [0, 0.05) is 12.3 Å². The molecule has 0 aromatic rings. The summed E-state index contributed by atoms with van der Waals surface area (Å²) in [5, 5.41) is 0.229. The lowest BCUT2D eigenvalue weighted by Gasteiger charge is -2.38. The minimum absolute atomic E-state index is 0.191. The quantitative estimate of drug-likeness (QED) is 0.327. The third kappa shape index (κ3) is 6.21. The van der Waals surface area contributed by atoms with Gasteiger partial charge in [-0.2, -0.15) is 0 Å². The second-order valence-corrected chi connectivity index (χ2v) is 12.7. The van der Waals surface area contributed by atoms with Crippen LogP contribution in [0.4, 0.5) is 0 Å². The molecule has 0 N–H and O–H groups in total. The van der Waals surface area contributed by atoms with Crippen molar-refractivity contribution in [1.82, 2.24) is 0 Å². The number of carbonyl (C=O) groups is 1. The summed E-state index contributed by atoms with van der Waals surface area (Å²) in [6.07, 6.45) is 13.7. The molecule has 0 saturated heterocycles. The van der Waals surface area contributed by atoms with E-state index in [0.29, 0.717) is 6.42 Å². The third-order valence-corrected chi connectivity index (χ3v) is 9.39. The van der Waals surface area contributed by atoms with Crippen LogP contribution in [0.5, 0.6) is 0 Å². The second-order valence-electron chi connectivity index (χ2n) is 7.99. The Morgan fingerprint density at radius 1 is 1.36 bits per heavy atom. The zero-order valence-electron chi connectivity index (χ0n) is 15.3. The molecule has 2 atom stereocenters. The van der Waals surface area contributed by atoms with Crippen LogP contribution in [0.15, 0.2) is 24.3 Å². The van der Waals surface area contributed by atoms with Gasteiger partial charge in [0.05, 0.1) is 6.10 Å². The molecular formula is C19H34O2Si. The number of allylic oxidation sites excluding steroid dienone is 3. The SMILES string of the molecule is CCCCC[C@@H](C=C[C@H]1C=CC(=O)C1)O[Si](C)(C)C(C)(C)C. The molecule has 1 rings (SSSR count). The molecule has 1 aliphatic carbocycles. The Morgan fingerprint density at radius 2 is 2.05 bits per heavy atom. The van der Waals surface area contributed by atoms with Crippen molar-refractivity contribution in [3.8, 4) is 0 Å². The van der Waals surface area contributed by atoms with E-state index < -0.39 is 8.32 Å². The summed E-state index contributed by atoms with van der Waals surface area (Å²) in [7, 11) is -1.75. The fourth-order valence-electron chi connectivity index (χ4n) is 2.34. The number of rotatable bonds is 8. The Kier molecular flexibility index (Phi) is 7.27. The Bertz CT molecular complexity index is 416. The average molecular weight is 323 g/mol. The van der Waals surface area contributed by atoms with E-state index in [-0.39, 0.29) is 22.8 Å². The van der Waals surface area contributed by atoms with E-state index in [1.54, 1.807) is 6.08 Å². The summed E-state index contributed by atoms with van der Waals surface area (Å²) < 4.78 is 6.58. The van der Waals surface area contributed by atoms with E-state index in [0.717, 1.165) is 6.42 Å². The van der Waals surface area contributed by atoms with Crippen molar-refractivity contribution >= 4 is 14.1 Å². The number of hydrogen-bond donors (Lipinski definition) is 0. The van der Waals surface area contributed by atoms with Gasteiger partial charge >= 0.3 is 0 Å². The Hall–Kier alpha value is -0.673. The van der Waals surface area contributed by atoms with Crippen LogP contribution in [0.3, 0.4) is 0 Å². The Labute approximate surface area is 138 Å². The molecule has 0 saturated carbocycles. The summed E-state index contributed by atoms with van der Waals surface area (Å²) in [5.74, 6) is 0.506. The van der Waals surface area contributed by atoms with Gasteiger partial charge in [-0.3, -0.25) is 4.79 Å². The molecule has 1 aliphatic rings. The van der Waals surface area contributed by atoms with E-state index >= 15 is 0 Å². The molecule has 0 heterocycles. The molecule has 0 spiro atoms. The fraction of sp³-hybridized carbons (Fsp3) is 0.737. The molecule has 0 aromatic heterocycles. The van der Waals surface area contributed by atoms with Crippen molar-refractivity contribution in [2.45, 2.75) is 84.0 Å². The maximum absolute atomic E-state index is 11.3. The molecule has 0 aliphatic heterocycles. The van der Waals surface area contributed by atoms with E-state index in [4.69, 9.17) is 4.43 Å². The lowest BCUT2D eigenvalue weighted by atomic mass is 10.1. The Morgan fingerprint density at radius 3 is 2.55 bits per heavy atom. The van der Waals surface area contributed by atoms with Gasteiger partial charge in [-0.05, 0) is 30.6 Å². The molecule has 0 radical (unpaired) electrons. The van der Waals surface area contributed by atoms with Gasteiger partial charge in [-0.25, -0.2) is 0 Å². The first-order valence-corrected chi connectivity index (χ1v) is 11.6. The molecule has 126 valence electrons. The zero-order valence-corrected chi connectivity index (χ0v) is 16.3. The predicted octanol–water partition coefficient (Wildman–Crippen LogP) is 5.66. The topological polar surface area (TPSA) is 26.3 Å². The van der Waals surface area contributed by atoms with Crippen molar-refractivity contribution in [3.05, 3.63) is 24.3 Å². The van der Waals surface area contributed by atoms with E-state index in [1.807, 2.05) is 6.08 Å². The first kappa shape index (κ1) is 19.4. The lowest BCUT2D eigenvalue weighted by molar-refractivity contribution is -0.114. The highest BCUT2D eigenvalue weighted by molar-refractivity contribution is 6.74. The van der Waals surface area contributed by atoms with Gasteiger partial charge in [0.1, 0.15) is 0 Å². The Balaban J connectivity index is 2.69. The number of unbranched alkanes of at least 4 members (excludes halogenated alkanes) is 2. The van der Waals surface area contributed by atoms with Crippen molar-refractivity contribution in [1.29, 1.82) is 0 Å². The molecule has 22 heavy (non-hydrogen) atoms. The lowest BCUT2D eigenvalue weighted by Crippen LogP contribution is -2.43. The van der Waals surface area contributed by atoms with Crippen LogP contribution in [0.2, 0.25) is 18.1 Å². The van der Waals surface area contributed by atoms with Crippen LogP contribution in [-0.4, -0.2) is 20.2 Å². The first-order valence-electron chi connectivity index (χ1n) is 8.73. The van der Waals surface area contributed by atoms with Crippen molar-refractivity contribution < 1.29 is 9.22 Å². The van der Waals surface area contributed by atoms with Gasteiger partial charge in [-0.15, -0.1) is 0 Å². The molecule has 0 amide bonds. The molecule has 0 aromatic carbocycles. The van der Waals surface area contributed by atoms with Gasteiger partial charge in [-0.1, -0.05) is 65.2 Å². The van der Waals surface area contributed by atoms with Gasteiger partial charge < -0.3 is 4.43 Å². The van der Waals surface area contributed by atoms with Crippen molar-refractivity contribution in [2.24, 2.45) is 5.92 Å². The second kappa shape index (κ2) is 8.26. The largest absolute Gasteiger partial charge is 0.411 e. The van der Waals surface area contributed by atoms with Crippen LogP contribution >= 0.6 is 0 Å². The number of hydrogen-bond acceptors (Lipinski definition) is 2. The molecule has 0 fully saturated rings. The maximum Gasteiger partial charge on any atom is 0.192 e. The smallest absolute Gasteiger partial charge is 0.192 e. The molecule has 3 heteroatoms. The van der Waals surface area contributed by atoms with E-state index in [9.17, 15) is 4.79 Å². The van der Waals surface area contributed by atoms with Crippen LogP contribution in [0, 0.1) is 5.92 Å². The highest BCUT2D eigenvalue weighted by Gasteiger charge is 2.38. The number of carbonyl (C=O) groups excluding carboxylic acids is 1. The van der Waals surface area contributed by atoms with Gasteiger partial charge in [0.2, 0.25) is 0 Å². The minimum atomic E-state index is -1.75. The van der Waals surface area contributed by atoms with Crippen LogP contribution in [-0.2, 0) is 9.22 Å². The van der Waals surface area contributed by atoms with Crippen molar-refractivity contribution in [2.75, 3.05) is 0 Å². The van der Waals surface area contributed by atoms with Gasteiger partial charge in [0.15, 0.2) is 14.1 Å². The highest BCUT2D eigenvalue weighted by atomic mass is 28.4. The summed E-state index contributed by atoms with van der Waals surface area (Å²) in [4.78, 5) is 11.3. The average Bonchev–Trinajstić information content (AvgIpc) is 2.80. The third-order valence-electron chi connectivity index (χ3n) is 4.88. The summed E-state index contributed by atoms with van der Waals surface area (Å²) in [6.45, 7) is 13.7. The maximum atomic E-state index is 11.3. The van der Waals surface area contributed by atoms with Crippen LogP contribution in [0.25, 0.3) is 0 Å². The zero-order chi connectivity index (χ0) is 16.8. The number of ketones is 1. The molecule has 2 nitrogen and oxygen atoms in total. The minimum Gasteiger partial charge on any atom is -0.411 e. The van der Waals surface area contributed by atoms with E-state index in [2.05, 4.69) is 52.9 Å². The van der Waals surface area contributed by atoms with Crippen molar-refractivity contribution in [3.63, 3.8) is 0 Å². The molecule has 0 unspecified atom stereocenters. The highest BCUT2D eigenvalue weighted by Crippen LogP contribution is 2.38. The predicted molar refractivity (Wildman–Crippen MR) is 97.6 cm³/mol. The van der Waals surface area contributed by atoms with Gasteiger partial charge in [0.25, 0.3) is 0 Å². The standard InChI is InChI=1S/C19H34O2Si/c1-7-8-9-10-18(21-22(5,6)19(2,3)4)14-12-16-11-13-17(20)15-16/h11-14,16,18H,7-10,15H2,1-6H3/t16-,18+/m1/s1. The first-order chi connectivity index (χ1) is 10.2. The normalized spacial score (nSPS) is 21.0. The fourth-order valence-corrected chi connectivity index (χ4v) is 3.65. The molecular weight excluding hydrogens is 288 g/mol. The van der Waals surface area contributed by atoms with E-state index in [1.165, 1.54) is 19.3 Å².